The summed E-state index contributed by atoms with van der Waals surface area (Å²) in [4.78, 5) is 39.2. The van der Waals surface area contributed by atoms with Gasteiger partial charge in [0, 0.05) is 25.8 Å². The van der Waals surface area contributed by atoms with Gasteiger partial charge in [0.2, 0.25) is 5.78 Å². The van der Waals surface area contributed by atoms with Gasteiger partial charge in [0.25, 0.3) is 5.22 Å². The number of carbonyl (C=O) groups is 3. The lowest BCUT2D eigenvalue weighted by Gasteiger charge is -2.24. The molecule has 0 atom stereocenters. The number of nitrogens with zero attached hydrogens (tertiary/aromatic N) is 3. The van der Waals surface area contributed by atoms with E-state index in [0.717, 1.165) is 30.4 Å². The molecule has 1 N–H and O–H groups in total. The van der Waals surface area contributed by atoms with Crippen LogP contribution in [0.25, 0.3) is 0 Å². The Morgan fingerprint density at radius 3 is 2.52 bits per heavy atom. The zero-order valence-electron chi connectivity index (χ0n) is 20.8. The number of aromatic nitrogens is 2. The van der Waals surface area contributed by atoms with Crippen LogP contribution in [0.1, 0.15) is 90.2 Å². The highest BCUT2D eigenvalue weighted by Gasteiger charge is 2.33. The number of ketones is 1. The molecule has 0 unspecified atom stereocenters. The number of thioether (sulfide) groups is 1. The smallest absolute Gasteiger partial charge is 0.444 e. The molecule has 2 amide bonds. The first-order chi connectivity index (χ1) is 15.5. The van der Waals surface area contributed by atoms with Crippen LogP contribution in [0.2, 0.25) is 0 Å². The number of ether oxygens (including phenoxy) is 1. The average molecular weight is 484 g/mol. The minimum atomic E-state index is -0.566. The third kappa shape index (κ3) is 9.35. The molecule has 1 aliphatic carbocycles. The second kappa shape index (κ2) is 12.4. The van der Waals surface area contributed by atoms with E-state index in [2.05, 4.69) is 10.4 Å². The van der Waals surface area contributed by atoms with Crippen LogP contribution in [-0.4, -0.2) is 58.9 Å². The molecule has 0 aromatic carbocycles. The van der Waals surface area contributed by atoms with Crippen LogP contribution in [-0.2, 0) is 4.74 Å². The van der Waals surface area contributed by atoms with E-state index in [4.69, 9.17) is 9.15 Å². The van der Waals surface area contributed by atoms with Gasteiger partial charge >= 0.3 is 18.0 Å². The van der Waals surface area contributed by atoms with Crippen molar-refractivity contribution in [1.29, 1.82) is 0 Å². The zero-order valence-corrected chi connectivity index (χ0v) is 21.6. The monoisotopic (exact) mass is 483 g/mol. The molecule has 1 aromatic rings. The maximum absolute atomic E-state index is 12.9. The largest absolute Gasteiger partial charge is 0.520 e. The average Bonchev–Trinajstić information content (AvgIpc) is 3.16. The minimum absolute atomic E-state index is 0.0491. The molecule has 33 heavy (non-hydrogen) atoms. The molecule has 1 heterocycles. The Balaban J connectivity index is 2.05. The van der Waals surface area contributed by atoms with Crippen molar-refractivity contribution in [2.24, 2.45) is 5.92 Å². The molecule has 10 heteroatoms. The molecule has 1 aromatic heterocycles. The van der Waals surface area contributed by atoms with Gasteiger partial charge in [-0.2, -0.15) is 4.79 Å². The van der Waals surface area contributed by atoms with E-state index in [1.54, 1.807) is 7.05 Å². The van der Waals surface area contributed by atoms with Crippen LogP contribution < -0.4 is 10.00 Å². The summed E-state index contributed by atoms with van der Waals surface area (Å²) in [6.45, 7) is 9.92. The first-order valence-electron chi connectivity index (χ1n) is 11.8. The van der Waals surface area contributed by atoms with E-state index in [9.17, 15) is 14.4 Å². The summed E-state index contributed by atoms with van der Waals surface area (Å²) in [5.41, 5.74) is -0.566. The van der Waals surface area contributed by atoms with Crippen molar-refractivity contribution >= 4 is 29.7 Å². The number of amides is 2. The molecule has 186 valence electrons. The molecule has 0 aliphatic heterocycles. The molecule has 9 nitrogen and oxygen atoms in total. The second-order valence-corrected chi connectivity index (χ2v) is 11.0. The molecule has 0 radical (unpaired) electrons. The maximum Gasteiger partial charge on any atom is 0.520 e. The Hall–Kier alpha value is -2.10. The molecular formula is C23H39N4O5S+. The van der Waals surface area contributed by atoms with Gasteiger partial charge in [-0.25, -0.2) is 10.1 Å². The van der Waals surface area contributed by atoms with Crippen LogP contribution in [0, 0.1) is 5.92 Å². The highest BCUT2D eigenvalue weighted by Crippen LogP contribution is 2.19. The van der Waals surface area contributed by atoms with Gasteiger partial charge in [0.15, 0.2) is 0 Å². The van der Waals surface area contributed by atoms with Crippen molar-refractivity contribution in [1.82, 2.24) is 15.3 Å². The molecule has 1 aliphatic rings. The van der Waals surface area contributed by atoms with E-state index in [1.807, 2.05) is 34.6 Å². The summed E-state index contributed by atoms with van der Waals surface area (Å²) < 4.78 is 12.1. The predicted molar refractivity (Wildman–Crippen MR) is 125 cm³/mol. The lowest BCUT2D eigenvalue weighted by molar-refractivity contribution is -0.640. The summed E-state index contributed by atoms with van der Waals surface area (Å²) in [5.74, 6) is 0.540. The first-order valence-corrected chi connectivity index (χ1v) is 12.8. The third-order valence-corrected chi connectivity index (χ3v) is 6.03. The number of rotatable bonds is 9. The van der Waals surface area contributed by atoms with Crippen molar-refractivity contribution < 1.29 is 28.2 Å². The molecule has 1 fully saturated rings. The van der Waals surface area contributed by atoms with Crippen molar-refractivity contribution in [3.8, 4) is 0 Å². The quantitative estimate of drug-likeness (QED) is 0.315. The van der Waals surface area contributed by atoms with Crippen molar-refractivity contribution in [2.75, 3.05) is 19.3 Å². The van der Waals surface area contributed by atoms with Gasteiger partial charge in [0.1, 0.15) is 5.60 Å². The Morgan fingerprint density at radius 1 is 1.24 bits per heavy atom. The Morgan fingerprint density at radius 2 is 1.91 bits per heavy atom. The normalized spacial score (nSPS) is 14.9. The maximum atomic E-state index is 12.9. The zero-order chi connectivity index (χ0) is 24.6. The van der Waals surface area contributed by atoms with Crippen molar-refractivity contribution in [3.05, 3.63) is 5.89 Å². The molecule has 0 bridgehead atoms. The summed E-state index contributed by atoms with van der Waals surface area (Å²) >= 11 is 1.24. The summed E-state index contributed by atoms with van der Waals surface area (Å²) in [6, 6.07) is -0.344. The highest BCUT2D eigenvalue weighted by atomic mass is 32.2. The first kappa shape index (κ1) is 27.1. The molecule has 0 spiro atoms. The lowest BCUT2D eigenvalue weighted by Crippen LogP contribution is -2.57. The van der Waals surface area contributed by atoms with Gasteiger partial charge < -0.3 is 14.1 Å². The Bertz CT molecular complexity index is 812. The summed E-state index contributed by atoms with van der Waals surface area (Å²) in [7, 11) is 1.66. The predicted octanol–water partition coefficient (Wildman–Crippen LogP) is 4.43. The number of hydrogen-bond acceptors (Lipinski definition) is 7. The van der Waals surface area contributed by atoms with Crippen molar-refractivity contribution in [2.45, 2.75) is 96.4 Å². The van der Waals surface area contributed by atoms with Gasteiger partial charge in [-0.15, -0.1) is 0 Å². The number of hydrogen-bond donors (Lipinski definition) is 1. The number of nitrogens with one attached hydrogen (secondary N) is 1. The van der Waals surface area contributed by atoms with E-state index in [1.165, 1.54) is 23.1 Å². The van der Waals surface area contributed by atoms with E-state index >= 15 is 0 Å². The standard InChI is InChI=1S/C23H38N4O5S/c1-16(2)12-13-18(28)19-27(20(29)24-17-10-8-7-9-11-17)25-21(31-19)33-15-14-26(6)22(30)32-23(3,4)5/h16-17H,7-15H2,1-6H3/p+1. The second-order valence-electron chi connectivity index (χ2n) is 9.98. The van der Waals surface area contributed by atoms with Crippen LogP contribution in [0.4, 0.5) is 9.59 Å². The van der Waals surface area contributed by atoms with E-state index in [-0.39, 0.29) is 29.4 Å². The summed E-state index contributed by atoms with van der Waals surface area (Å²) in [5, 5.41) is 7.48. The Kier molecular flexibility index (Phi) is 10.2. The van der Waals surface area contributed by atoms with Gasteiger partial charge in [-0.05, 0) is 68.6 Å². The van der Waals surface area contributed by atoms with Crippen LogP contribution in [0.3, 0.4) is 0 Å². The van der Waals surface area contributed by atoms with Crippen LogP contribution >= 0.6 is 11.8 Å². The van der Waals surface area contributed by atoms with Crippen LogP contribution in [0.5, 0.6) is 0 Å². The van der Waals surface area contributed by atoms with Gasteiger partial charge in [-0.3, -0.25) is 4.79 Å². The summed E-state index contributed by atoms with van der Waals surface area (Å²) in [6.07, 6.45) is 5.78. The fourth-order valence-corrected chi connectivity index (χ4v) is 4.17. The van der Waals surface area contributed by atoms with Gasteiger partial charge in [0.05, 0.1) is 6.04 Å². The van der Waals surface area contributed by atoms with E-state index < -0.39 is 17.7 Å². The van der Waals surface area contributed by atoms with Crippen LogP contribution in [0.15, 0.2) is 9.64 Å². The lowest BCUT2D eigenvalue weighted by atomic mass is 9.96. The minimum Gasteiger partial charge on any atom is -0.444 e. The highest BCUT2D eigenvalue weighted by molar-refractivity contribution is 7.99. The molecular weight excluding hydrogens is 444 g/mol. The topological polar surface area (TPSA) is 106 Å². The Labute approximate surface area is 201 Å². The molecule has 0 saturated heterocycles. The molecule has 2 rings (SSSR count). The van der Waals surface area contributed by atoms with Gasteiger partial charge in [-0.1, -0.05) is 32.0 Å². The number of Topliss-reactive ketones (excluding diaryl/α,β-unsaturated/α-hetero) is 1. The molecule has 1 saturated carbocycles. The van der Waals surface area contributed by atoms with E-state index in [0.29, 0.717) is 24.6 Å². The third-order valence-electron chi connectivity index (χ3n) is 5.23. The van der Waals surface area contributed by atoms with Crippen molar-refractivity contribution in [3.63, 3.8) is 0 Å². The number of carbonyl (C=O) groups excluding carboxylic acids is 3. The fraction of sp³-hybridized carbons (Fsp3) is 0.783. The SMILES string of the molecule is CC(C)CCC(=O)c1oc(SCCN(C)C(=O)OC(C)(C)C)n[n+]1C(=O)NC1CCCCC1. The fourth-order valence-electron chi connectivity index (χ4n) is 3.35.